The topological polar surface area (TPSA) is 135 Å². The van der Waals surface area contributed by atoms with E-state index in [1.54, 1.807) is 0 Å². The molecule has 0 unspecified atom stereocenters. The average molecular weight is 603 g/mol. The van der Waals surface area contributed by atoms with E-state index >= 15 is 0 Å². The van der Waals surface area contributed by atoms with Crippen molar-refractivity contribution in [3.8, 4) is 17.2 Å². The van der Waals surface area contributed by atoms with Gasteiger partial charge in [0, 0.05) is 22.7 Å². The SMILES string of the molecule is CCC[Si](N=NCc1cccc(C(C)C)c1O)(N=NCc1cccc(C(C)C)c1O)N=NCc1cccc(C(C)C)c1O. The minimum Gasteiger partial charge on any atom is -0.507 e. The molecule has 3 aromatic rings. The standard InChI is InChI=1S/C33H46N6O3Si/c1-8-18-43(37-34-19-25-12-9-15-28(22(2)3)31(25)40,38-35-20-26-13-10-16-29(23(4)5)32(26)41)39-36-21-27-14-11-17-30(24(6)7)33(27)42/h9-17,22-24,40-42H,8,18-21H2,1-7H3. The molecule has 0 spiro atoms. The number of phenolic OH excluding ortho intramolecular Hbond substituents is 3. The van der Waals surface area contributed by atoms with Gasteiger partial charge in [-0.2, -0.15) is 29.7 Å². The summed E-state index contributed by atoms with van der Waals surface area (Å²) < 4.78 is 14.0. The molecule has 0 aliphatic heterocycles. The van der Waals surface area contributed by atoms with Crippen LogP contribution < -0.4 is 0 Å². The van der Waals surface area contributed by atoms with Crippen LogP contribution in [0, 0.1) is 0 Å². The van der Waals surface area contributed by atoms with Gasteiger partial charge in [0.1, 0.15) is 17.2 Å². The molecule has 9 nitrogen and oxygen atoms in total. The van der Waals surface area contributed by atoms with Crippen molar-refractivity contribution >= 4 is 8.56 Å². The number of aromatic hydroxyl groups is 3. The summed E-state index contributed by atoms with van der Waals surface area (Å²) in [7, 11) is -3.29. The van der Waals surface area contributed by atoms with Gasteiger partial charge in [-0.3, -0.25) is 0 Å². The second-order valence-corrected chi connectivity index (χ2v) is 14.4. The summed E-state index contributed by atoms with van der Waals surface area (Å²) in [5.74, 6) is 1.19. The first kappa shape index (κ1) is 33.6. The lowest BCUT2D eigenvalue weighted by molar-refractivity contribution is 0.457. The van der Waals surface area contributed by atoms with E-state index in [9.17, 15) is 15.3 Å². The Morgan fingerprint density at radius 1 is 0.535 bits per heavy atom. The van der Waals surface area contributed by atoms with Gasteiger partial charge in [0.05, 0.1) is 19.6 Å². The van der Waals surface area contributed by atoms with Crippen molar-refractivity contribution in [1.82, 2.24) is 0 Å². The van der Waals surface area contributed by atoms with E-state index < -0.39 is 8.56 Å². The number of phenols is 3. The molecule has 43 heavy (non-hydrogen) atoms. The van der Waals surface area contributed by atoms with Crippen LogP contribution in [0.3, 0.4) is 0 Å². The lowest BCUT2D eigenvalue weighted by Gasteiger charge is -2.15. The Morgan fingerprint density at radius 3 is 1.09 bits per heavy atom. The molecule has 0 fully saturated rings. The lowest BCUT2D eigenvalue weighted by atomic mass is 9.99. The molecule has 3 rings (SSSR count). The smallest absolute Gasteiger partial charge is 0.490 e. The van der Waals surface area contributed by atoms with Gasteiger partial charge >= 0.3 is 8.56 Å². The van der Waals surface area contributed by atoms with Gasteiger partial charge in [-0.25, -0.2) is 0 Å². The Balaban J connectivity index is 1.96. The molecule has 0 bridgehead atoms. The number of nitrogens with zero attached hydrogens (tertiary/aromatic N) is 6. The first-order chi connectivity index (χ1) is 20.5. The summed E-state index contributed by atoms with van der Waals surface area (Å²) in [6.07, 6.45) is 0.736. The van der Waals surface area contributed by atoms with Crippen molar-refractivity contribution in [3.63, 3.8) is 0 Å². The van der Waals surface area contributed by atoms with Crippen LogP contribution in [0.5, 0.6) is 17.2 Å². The summed E-state index contributed by atoms with van der Waals surface area (Å²) in [5.41, 5.74) is 4.60. The maximum Gasteiger partial charge on any atom is 0.490 e. The lowest BCUT2D eigenvalue weighted by Crippen LogP contribution is -2.26. The molecule has 0 radical (unpaired) electrons. The first-order valence-electron chi connectivity index (χ1n) is 15.1. The number of benzene rings is 3. The number of rotatable bonds is 14. The maximum atomic E-state index is 10.8. The monoisotopic (exact) mass is 602 g/mol. The molecule has 10 heteroatoms. The Hall–Kier alpha value is -3.92. The predicted molar refractivity (Wildman–Crippen MR) is 173 cm³/mol. The van der Waals surface area contributed by atoms with E-state index in [4.69, 9.17) is 0 Å². The van der Waals surface area contributed by atoms with Gasteiger partial charge in [-0.15, -0.1) is 0 Å². The summed E-state index contributed by atoms with van der Waals surface area (Å²) >= 11 is 0. The van der Waals surface area contributed by atoms with E-state index in [0.29, 0.717) is 22.7 Å². The third-order valence-electron chi connectivity index (χ3n) is 7.32. The van der Waals surface area contributed by atoms with E-state index in [-0.39, 0.29) is 54.6 Å². The zero-order valence-corrected chi connectivity index (χ0v) is 27.5. The Bertz CT molecular complexity index is 1280. The van der Waals surface area contributed by atoms with Gasteiger partial charge in [0.25, 0.3) is 0 Å². The van der Waals surface area contributed by atoms with Gasteiger partial charge < -0.3 is 15.3 Å². The highest BCUT2D eigenvalue weighted by Gasteiger charge is 2.36. The first-order valence-corrected chi connectivity index (χ1v) is 17.1. The number of para-hydroxylation sites is 3. The van der Waals surface area contributed by atoms with Crippen molar-refractivity contribution in [3.05, 3.63) is 88.0 Å². The van der Waals surface area contributed by atoms with Gasteiger partial charge in [-0.1, -0.05) is 109 Å². The Morgan fingerprint density at radius 2 is 0.837 bits per heavy atom. The number of hydrogen-bond donors (Lipinski definition) is 3. The van der Waals surface area contributed by atoms with Crippen LogP contribution in [-0.4, -0.2) is 23.9 Å². The van der Waals surface area contributed by atoms with Crippen molar-refractivity contribution < 1.29 is 15.3 Å². The molecule has 0 heterocycles. The number of hydrogen-bond acceptors (Lipinski definition) is 9. The summed E-state index contributed by atoms with van der Waals surface area (Å²) in [6, 6.07) is 17.5. The fourth-order valence-corrected chi connectivity index (χ4v) is 6.82. The van der Waals surface area contributed by atoms with E-state index in [1.165, 1.54) is 0 Å². The van der Waals surface area contributed by atoms with Crippen molar-refractivity contribution in [2.75, 3.05) is 0 Å². The van der Waals surface area contributed by atoms with Crippen LogP contribution >= 0.6 is 0 Å². The minimum atomic E-state index is -3.29. The molecule has 0 saturated heterocycles. The normalized spacial score (nSPS) is 13.8. The van der Waals surface area contributed by atoms with E-state index in [2.05, 4.69) is 29.7 Å². The molecular formula is C33H46N6O3Si. The van der Waals surface area contributed by atoms with Gasteiger partial charge in [0.15, 0.2) is 0 Å². The molecule has 3 aromatic carbocycles. The van der Waals surface area contributed by atoms with Crippen LogP contribution in [0.4, 0.5) is 0 Å². The van der Waals surface area contributed by atoms with Gasteiger partial charge in [-0.05, 0) is 34.4 Å². The third-order valence-corrected chi connectivity index (χ3v) is 9.88. The molecule has 0 aliphatic carbocycles. The zero-order chi connectivity index (χ0) is 31.6. The highest BCUT2D eigenvalue weighted by Crippen LogP contribution is 2.32. The Kier molecular flexibility index (Phi) is 12.1. The summed E-state index contributed by atoms with van der Waals surface area (Å²) in [5, 5.41) is 45.8. The van der Waals surface area contributed by atoms with Crippen LogP contribution in [0.25, 0.3) is 0 Å². The second-order valence-electron chi connectivity index (χ2n) is 11.8. The molecule has 0 saturated carbocycles. The molecule has 0 atom stereocenters. The molecular weight excluding hydrogens is 556 g/mol. The van der Waals surface area contributed by atoms with Crippen molar-refractivity contribution in [2.24, 2.45) is 29.7 Å². The predicted octanol–water partition coefficient (Wildman–Crippen LogP) is 9.78. The third kappa shape index (κ3) is 8.79. The second kappa shape index (κ2) is 15.5. The zero-order valence-electron chi connectivity index (χ0n) is 26.5. The van der Waals surface area contributed by atoms with Crippen LogP contribution in [0.1, 0.15) is 106 Å². The molecule has 230 valence electrons. The highest BCUT2D eigenvalue weighted by atomic mass is 28.4. The highest BCUT2D eigenvalue weighted by molar-refractivity contribution is 6.74. The fourth-order valence-electron chi connectivity index (χ4n) is 4.83. The van der Waals surface area contributed by atoms with E-state index in [1.807, 2.05) is 103 Å². The minimum absolute atomic E-state index is 0.171. The molecule has 3 N–H and O–H groups in total. The van der Waals surface area contributed by atoms with Crippen molar-refractivity contribution in [1.29, 1.82) is 0 Å². The quantitative estimate of drug-likeness (QED) is 0.125. The van der Waals surface area contributed by atoms with Crippen LogP contribution in [-0.2, 0) is 19.6 Å². The van der Waals surface area contributed by atoms with Crippen molar-refractivity contribution in [2.45, 2.75) is 98.3 Å². The summed E-state index contributed by atoms with van der Waals surface area (Å²) in [6.45, 7) is 14.7. The average Bonchev–Trinajstić information content (AvgIpc) is 2.95. The van der Waals surface area contributed by atoms with Crippen LogP contribution in [0.15, 0.2) is 84.3 Å². The molecule has 0 amide bonds. The van der Waals surface area contributed by atoms with Gasteiger partial charge in [0.2, 0.25) is 0 Å². The molecule has 0 aromatic heterocycles. The summed E-state index contributed by atoms with van der Waals surface area (Å²) in [4.78, 5) is 0. The fraction of sp³-hybridized carbons (Fsp3) is 0.455. The van der Waals surface area contributed by atoms with Crippen LogP contribution in [0.2, 0.25) is 6.04 Å². The van der Waals surface area contributed by atoms with E-state index in [0.717, 1.165) is 23.1 Å². The molecule has 0 aliphatic rings. The maximum absolute atomic E-state index is 10.8. The Labute approximate surface area is 256 Å². The largest absolute Gasteiger partial charge is 0.507 e.